The Kier molecular flexibility index (Phi) is 10.1. The van der Waals surface area contributed by atoms with E-state index in [0.717, 1.165) is 0 Å². The number of nitrogens with one attached hydrogen (secondary N) is 4. The van der Waals surface area contributed by atoms with Crippen LogP contribution in [0.3, 0.4) is 0 Å². The zero-order valence-corrected chi connectivity index (χ0v) is 20.9. The minimum atomic E-state index is -1.26. The Bertz CT molecular complexity index is 1160. The number of nitrogens with two attached hydrogens (primary N) is 1. The normalized spacial score (nSPS) is 20.4. The van der Waals surface area contributed by atoms with Gasteiger partial charge in [0.1, 0.15) is 24.4 Å². The number of carbonyl (C=O) groups is 5. The lowest BCUT2D eigenvalue weighted by Crippen LogP contribution is -2.53. The van der Waals surface area contributed by atoms with Crippen molar-refractivity contribution in [2.24, 2.45) is 5.73 Å². The van der Waals surface area contributed by atoms with Crippen LogP contribution in [-0.2, 0) is 25.6 Å². The number of rotatable bonds is 7. The average molecular weight is 526 g/mol. The monoisotopic (exact) mass is 525 g/mol. The summed E-state index contributed by atoms with van der Waals surface area (Å²) in [6.45, 7) is 1.91. The second kappa shape index (κ2) is 13.7. The molecule has 1 aromatic heterocycles. The quantitative estimate of drug-likeness (QED) is 0.303. The minimum absolute atomic E-state index is 0.0266. The Balaban J connectivity index is 1.81. The molecule has 1 aromatic carbocycles. The number of carbonyl (C=O) groups excluding carboxylic acids is 5. The van der Waals surface area contributed by atoms with E-state index in [2.05, 4.69) is 31.2 Å². The van der Waals surface area contributed by atoms with Crippen molar-refractivity contribution in [2.75, 3.05) is 13.2 Å². The third-order valence-electron chi connectivity index (χ3n) is 5.65. The maximum Gasteiger partial charge on any atom is 0.255 e. The van der Waals surface area contributed by atoms with Gasteiger partial charge in [-0.2, -0.15) is 0 Å². The van der Waals surface area contributed by atoms with E-state index in [0.29, 0.717) is 12.1 Å². The molecule has 0 fully saturated rings. The predicted octanol–water partition coefficient (Wildman–Crippen LogP) is -1.03. The first-order chi connectivity index (χ1) is 18.2. The summed E-state index contributed by atoms with van der Waals surface area (Å²) < 4.78 is 5.78. The molecule has 38 heavy (non-hydrogen) atoms. The highest BCUT2D eigenvalue weighted by Crippen LogP contribution is 2.19. The second-order valence-corrected chi connectivity index (χ2v) is 8.81. The Hall–Kier alpha value is -4.55. The van der Waals surface area contributed by atoms with E-state index in [9.17, 15) is 24.0 Å². The highest BCUT2D eigenvalue weighted by molar-refractivity contribution is 6.01. The molecule has 6 N–H and O–H groups in total. The topological polar surface area (TPSA) is 194 Å². The molecule has 1 aliphatic rings. The van der Waals surface area contributed by atoms with Crippen LogP contribution in [0.5, 0.6) is 5.75 Å². The third-order valence-corrected chi connectivity index (χ3v) is 5.65. The van der Waals surface area contributed by atoms with Gasteiger partial charge in [-0.05, 0) is 25.5 Å². The number of nitrogens with zero attached hydrogens (tertiary/aromatic N) is 2. The summed E-state index contributed by atoms with van der Waals surface area (Å²) >= 11 is 0. The first kappa shape index (κ1) is 28.0. The molecule has 5 amide bonds. The lowest BCUT2D eigenvalue weighted by Gasteiger charge is -2.24. The average Bonchev–Trinajstić information content (AvgIpc) is 2.89. The number of benzene rings is 1. The molecular weight excluding hydrogens is 494 g/mol. The fourth-order valence-electron chi connectivity index (χ4n) is 3.72. The van der Waals surface area contributed by atoms with E-state index in [-0.39, 0.29) is 37.3 Å². The Labute approximate surface area is 219 Å². The van der Waals surface area contributed by atoms with Crippen molar-refractivity contribution in [3.63, 3.8) is 0 Å². The molecule has 0 aliphatic carbocycles. The van der Waals surface area contributed by atoms with Gasteiger partial charge < -0.3 is 31.7 Å². The van der Waals surface area contributed by atoms with Crippen LogP contribution in [-0.4, -0.2) is 70.8 Å². The van der Waals surface area contributed by atoms with Crippen molar-refractivity contribution in [3.05, 3.63) is 54.1 Å². The van der Waals surface area contributed by atoms with E-state index < -0.39 is 54.1 Å². The maximum atomic E-state index is 13.1. The van der Waals surface area contributed by atoms with Crippen LogP contribution in [0.15, 0.2) is 42.9 Å². The summed E-state index contributed by atoms with van der Waals surface area (Å²) in [5, 5.41) is 10.6. The molecule has 0 saturated heterocycles. The van der Waals surface area contributed by atoms with Crippen molar-refractivity contribution in [1.29, 1.82) is 0 Å². The summed E-state index contributed by atoms with van der Waals surface area (Å²) in [6, 6.07) is 3.62. The van der Waals surface area contributed by atoms with Crippen LogP contribution in [0.1, 0.15) is 42.2 Å². The smallest absolute Gasteiger partial charge is 0.255 e. The van der Waals surface area contributed by atoms with E-state index >= 15 is 0 Å². The first-order valence-corrected chi connectivity index (χ1v) is 12.2. The van der Waals surface area contributed by atoms with Gasteiger partial charge in [-0.15, -0.1) is 0 Å². The molecule has 2 heterocycles. The molecule has 13 nitrogen and oxygen atoms in total. The van der Waals surface area contributed by atoms with Crippen LogP contribution in [0.25, 0.3) is 0 Å². The number of ether oxygens (including phenoxy) is 1. The minimum Gasteiger partial charge on any atom is -0.491 e. The van der Waals surface area contributed by atoms with Crippen LogP contribution in [0.4, 0.5) is 0 Å². The van der Waals surface area contributed by atoms with Gasteiger partial charge in [0.2, 0.25) is 23.6 Å². The summed E-state index contributed by atoms with van der Waals surface area (Å²) in [4.78, 5) is 71.3. The summed E-state index contributed by atoms with van der Waals surface area (Å²) in [7, 11) is 0. The van der Waals surface area contributed by atoms with Crippen molar-refractivity contribution in [3.8, 4) is 5.75 Å². The number of amides is 5. The summed E-state index contributed by atoms with van der Waals surface area (Å²) in [6.07, 6.45) is 4.38. The summed E-state index contributed by atoms with van der Waals surface area (Å²) in [5.74, 6) is -2.80. The fourth-order valence-corrected chi connectivity index (χ4v) is 3.72. The van der Waals surface area contributed by atoms with Crippen LogP contribution >= 0.6 is 0 Å². The molecule has 1 aliphatic heterocycles. The van der Waals surface area contributed by atoms with E-state index in [1.54, 1.807) is 31.3 Å². The number of primary amides is 1. The van der Waals surface area contributed by atoms with E-state index in [1.165, 1.54) is 18.5 Å². The van der Waals surface area contributed by atoms with Gasteiger partial charge in [0, 0.05) is 38.0 Å². The number of hydrogen-bond donors (Lipinski definition) is 5. The third kappa shape index (κ3) is 8.54. The molecule has 0 spiro atoms. The largest absolute Gasteiger partial charge is 0.491 e. The molecule has 0 unspecified atom stereocenters. The van der Waals surface area contributed by atoms with Crippen LogP contribution in [0.2, 0.25) is 0 Å². The lowest BCUT2D eigenvalue weighted by atomic mass is 10.1. The van der Waals surface area contributed by atoms with Crippen LogP contribution in [0, 0.1) is 0 Å². The molecule has 3 atom stereocenters. The van der Waals surface area contributed by atoms with Crippen molar-refractivity contribution >= 4 is 29.5 Å². The van der Waals surface area contributed by atoms with Gasteiger partial charge >= 0.3 is 0 Å². The summed E-state index contributed by atoms with van der Waals surface area (Å²) in [5.41, 5.74) is 6.05. The Morgan fingerprint density at radius 2 is 1.92 bits per heavy atom. The predicted molar refractivity (Wildman–Crippen MR) is 135 cm³/mol. The van der Waals surface area contributed by atoms with Crippen molar-refractivity contribution < 1.29 is 28.7 Å². The number of fused-ring (bicyclic) bond motifs is 1. The molecule has 0 radical (unpaired) electrons. The second-order valence-electron chi connectivity index (χ2n) is 8.81. The lowest BCUT2D eigenvalue weighted by molar-refractivity contribution is -0.131. The van der Waals surface area contributed by atoms with Crippen molar-refractivity contribution in [1.82, 2.24) is 31.2 Å². The molecule has 2 aromatic rings. The number of aromatic nitrogens is 2. The van der Waals surface area contributed by atoms with E-state index in [4.69, 9.17) is 10.5 Å². The Morgan fingerprint density at radius 1 is 1.13 bits per heavy atom. The first-order valence-electron chi connectivity index (χ1n) is 12.2. The maximum absolute atomic E-state index is 13.1. The number of hydrogen-bond acceptors (Lipinski definition) is 8. The van der Waals surface area contributed by atoms with Crippen LogP contribution < -0.4 is 31.7 Å². The SMILES string of the molecule is C[C@@H]1COc2ccccc2C(=O)N[C@H](C(=O)NCCc2cnccn2)CC(=O)N[C@@H](CCC(N)=O)C(=O)N1. The fraction of sp³-hybridized carbons (Fsp3) is 0.400. The van der Waals surface area contributed by atoms with Gasteiger partial charge in [-0.1, -0.05) is 12.1 Å². The number of para-hydroxylation sites is 1. The van der Waals surface area contributed by atoms with Gasteiger partial charge in [0.25, 0.3) is 5.91 Å². The highest BCUT2D eigenvalue weighted by atomic mass is 16.5. The zero-order valence-electron chi connectivity index (χ0n) is 20.9. The highest BCUT2D eigenvalue weighted by Gasteiger charge is 2.29. The Morgan fingerprint density at radius 3 is 2.66 bits per heavy atom. The zero-order chi connectivity index (χ0) is 27.5. The van der Waals surface area contributed by atoms with Gasteiger partial charge in [-0.3, -0.25) is 33.9 Å². The van der Waals surface area contributed by atoms with Crippen molar-refractivity contribution in [2.45, 2.75) is 50.7 Å². The molecule has 202 valence electrons. The molecule has 0 saturated carbocycles. The molecular formula is C25H31N7O6. The molecule has 13 heteroatoms. The van der Waals surface area contributed by atoms with E-state index in [1.807, 2.05) is 0 Å². The molecule has 3 rings (SSSR count). The van der Waals surface area contributed by atoms with Gasteiger partial charge in [0.15, 0.2) is 0 Å². The van der Waals surface area contributed by atoms with Gasteiger partial charge in [0.05, 0.1) is 23.7 Å². The van der Waals surface area contributed by atoms with Gasteiger partial charge in [-0.25, -0.2) is 0 Å². The standard InChI is InChI=1S/C25H31N7O6/c1-15-14-38-20-5-3-2-4-17(20)23(35)32-19(24(36)29-9-8-16-13-27-10-11-28-16)12-22(34)31-18(25(37)30-15)6-7-21(26)33/h2-5,10-11,13,15,18-19H,6-9,12,14H2,1H3,(H2,26,33)(H,29,36)(H,30,37)(H,31,34)(H,32,35)/t15-,18+,19+/m1/s1. The molecule has 0 bridgehead atoms.